The summed E-state index contributed by atoms with van der Waals surface area (Å²) >= 11 is 0. The van der Waals surface area contributed by atoms with Gasteiger partial charge in [-0.15, -0.1) is 0 Å². The Bertz CT molecular complexity index is 678. The minimum Gasteiger partial charge on any atom is -0.352 e. The molecule has 2 amide bonds. The molecule has 0 aliphatic carbocycles. The number of carbonyl (C=O) groups is 2. The summed E-state index contributed by atoms with van der Waals surface area (Å²) in [6.45, 7) is 3.58. The van der Waals surface area contributed by atoms with E-state index in [2.05, 4.69) is 10.3 Å². The fourth-order valence-corrected chi connectivity index (χ4v) is 2.14. The van der Waals surface area contributed by atoms with Crippen molar-refractivity contribution >= 4 is 17.5 Å². The van der Waals surface area contributed by atoms with Gasteiger partial charge in [0.05, 0.1) is 11.1 Å². The molecular formula is C12H14N4O5. The summed E-state index contributed by atoms with van der Waals surface area (Å²) in [5, 5.41) is 13.4. The van der Waals surface area contributed by atoms with E-state index in [0.29, 0.717) is 0 Å². The van der Waals surface area contributed by atoms with Crippen LogP contribution < -0.4 is 10.9 Å². The van der Waals surface area contributed by atoms with Gasteiger partial charge in [0.2, 0.25) is 5.91 Å². The maximum absolute atomic E-state index is 12.5. The van der Waals surface area contributed by atoms with Crippen molar-refractivity contribution in [2.24, 2.45) is 0 Å². The first kappa shape index (κ1) is 14.7. The Labute approximate surface area is 119 Å². The Balaban J connectivity index is 2.44. The second kappa shape index (κ2) is 5.00. The number of H-pyrrole nitrogens is 1. The highest BCUT2D eigenvalue weighted by atomic mass is 16.6. The van der Waals surface area contributed by atoms with Crippen LogP contribution in [0.15, 0.2) is 17.1 Å². The van der Waals surface area contributed by atoms with Gasteiger partial charge in [0.1, 0.15) is 11.1 Å². The summed E-state index contributed by atoms with van der Waals surface area (Å²) in [5.74, 6) is -1.05. The minimum atomic E-state index is -1.13. The lowest BCUT2D eigenvalue weighted by atomic mass is 9.98. The molecule has 2 heterocycles. The summed E-state index contributed by atoms with van der Waals surface area (Å²) in [7, 11) is 0. The molecule has 112 valence electrons. The lowest BCUT2D eigenvalue weighted by Gasteiger charge is -2.40. The molecule has 1 saturated heterocycles. The number of rotatable bonds is 2. The average molecular weight is 294 g/mol. The number of carbonyl (C=O) groups excluding carboxylic acids is 2. The second-order valence-electron chi connectivity index (χ2n) is 5.13. The monoisotopic (exact) mass is 294 g/mol. The zero-order chi connectivity index (χ0) is 15.8. The Morgan fingerprint density at radius 3 is 2.71 bits per heavy atom. The van der Waals surface area contributed by atoms with Crippen LogP contribution in [0.25, 0.3) is 0 Å². The maximum Gasteiger partial charge on any atom is 0.286 e. The first-order valence-corrected chi connectivity index (χ1v) is 6.22. The predicted molar refractivity (Wildman–Crippen MR) is 71.8 cm³/mol. The van der Waals surface area contributed by atoms with E-state index in [1.165, 1.54) is 4.90 Å². The molecule has 1 aliphatic heterocycles. The lowest BCUT2D eigenvalue weighted by Crippen LogP contribution is -2.63. The third kappa shape index (κ3) is 2.49. The lowest BCUT2D eigenvalue weighted by molar-refractivity contribution is -0.385. The molecule has 1 fully saturated rings. The summed E-state index contributed by atoms with van der Waals surface area (Å²) < 4.78 is 0. The highest BCUT2D eigenvalue weighted by Crippen LogP contribution is 2.20. The van der Waals surface area contributed by atoms with Crippen LogP contribution in [0.5, 0.6) is 0 Å². The van der Waals surface area contributed by atoms with Crippen molar-refractivity contribution in [2.45, 2.75) is 19.4 Å². The summed E-state index contributed by atoms with van der Waals surface area (Å²) in [6.07, 6.45) is 0.924. The largest absolute Gasteiger partial charge is 0.352 e. The number of hydrogen-bond acceptors (Lipinski definition) is 5. The van der Waals surface area contributed by atoms with Gasteiger partial charge in [-0.05, 0) is 13.8 Å². The van der Waals surface area contributed by atoms with Gasteiger partial charge < -0.3 is 15.2 Å². The van der Waals surface area contributed by atoms with Crippen LogP contribution in [0.3, 0.4) is 0 Å². The molecule has 1 aromatic heterocycles. The highest BCUT2D eigenvalue weighted by Gasteiger charge is 2.41. The van der Waals surface area contributed by atoms with Crippen molar-refractivity contribution < 1.29 is 14.5 Å². The van der Waals surface area contributed by atoms with E-state index in [1.807, 2.05) is 0 Å². The van der Waals surface area contributed by atoms with E-state index in [0.717, 1.165) is 12.3 Å². The molecule has 21 heavy (non-hydrogen) atoms. The van der Waals surface area contributed by atoms with Gasteiger partial charge in [-0.3, -0.25) is 24.5 Å². The summed E-state index contributed by atoms with van der Waals surface area (Å²) in [6, 6.07) is 0.920. The van der Waals surface area contributed by atoms with Gasteiger partial charge in [0.25, 0.3) is 17.2 Å². The van der Waals surface area contributed by atoms with Crippen LogP contribution in [0, 0.1) is 10.1 Å². The fourth-order valence-electron chi connectivity index (χ4n) is 2.14. The summed E-state index contributed by atoms with van der Waals surface area (Å²) in [5.41, 5.74) is -2.61. The molecule has 0 unspecified atom stereocenters. The maximum atomic E-state index is 12.5. The van der Waals surface area contributed by atoms with Gasteiger partial charge in [-0.1, -0.05) is 0 Å². The Morgan fingerprint density at radius 2 is 2.10 bits per heavy atom. The predicted octanol–water partition coefficient (Wildman–Crippen LogP) is -0.366. The third-order valence-electron chi connectivity index (χ3n) is 3.43. The van der Waals surface area contributed by atoms with Crippen LogP contribution >= 0.6 is 0 Å². The second-order valence-corrected chi connectivity index (χ2v) is 5.13. The van der Waals surface area contributed by atoms with Gasteiger partial charge in [-0.25, -0.2) is 0 Å². The molecule has 0 aromatic carbocycles. The number of aromatic nitrogens is 1. The number of amides is 2. The molecular weight excluding hydrogens is 280 g/mol. The van der Waals surface area contributed by atoms with E-state index in [1.54, 1.807) is 13.8 Å². The molecule has 0 saturated carbocycles. The van der Waals surface area contributed by atoms with Crippen molar-refractivity contribution in [3.63, 3.8) is 0 Å². The summed E-state index contributed by atoms with van der Waals surface area (Å²) in [4.78, 5) is 49.5. The van der Waals surface area contributed by atoms with Gasteiger partial charge in [0.15, 0.2) is 0 Å². The van der Waals surface area contributed by atoms with E-state index < -0.39 is 27.6 Å². The molecule has 9 heteroatoms. The van der Waals surface area contributed by atoms with Crippen LogP contribution in [0.4, 0.5) is 5.69 Å². The molecule has 0 spiro atoms. The first-order valence-electron chi connectivity index (χ1n) is 6.22. The number of nitro groups is 1. The standard InChI is InChI=1S/C12H14N4O5/c1-12(2)11(19)13-3-4-15(12)10(18)8-5-7(16(20)21)6-14-9(8)17/h5-6H,3-4H2,1-2H3,(H,13,19)(H,14,17). The zero-order valence-electron chi connectivity index (χ0n) is 11.5. The van der Waals surface area contributed by atoms with Crippen molar-refractivity contribution in [2.75, 3.05) is 13.1 Å². The van der Waals surface area contributed by atoms with Crippen LogP contribution in [-0.2, 0) is 4.79 Å². The number of aromatic amines is 1. The van der Waals surface area contributed by atoms with Gasteiger partial charge in [-0.2, -0.15) is 0 Å². The van der Waals surface area contributed by atoms with Crippen LogP contribution in [0.1, 0.15) is 24.2 Å². The van der Waals surface area contributed by atoms with E-state index in [4.69, 9.17) is 0 Å². The number of hydrogen-bond donors (Lipinski definition) is 2. The van der Waals surface area contributed by atoms with E-state index >= 15 is 0 Å². The Hall–Kier alpha value is -2.71. The van der Waals surface area contributed by atoms with Crippen LogP contribution in [0.2, 0.25) is 0 Å². The Kier molecular flexibility index (Phi) is 3.50. The van der Waals surface area contributed by atoms with Crippen LogP contribution in [-0.4, -0.2) is 45.2 Å². The van der Waals surface area contributed by atoms with Crippen molar-refractivity contribution in [3.05, 3.63) is 38.3 Å². The minimum absolute atomic E-state index is 0.222. The zero-order valence-corrected chi connectivity index (χ0v) is 11.5. The normalized spacial score (nSPS) is 17.2. The van der Waals surface area contributed by atoms with Gasteiger partial charge >= 0.3 is 0 Å². The van der Waals surface area contributed by atoms with Gasteiger partial charge in [0, 0.05) is 19.2 Å². The molecule has 1 aliphatic rings. The molecule has 0 radical (unpaired) electrons. The van der Waals surface area contributed by atoms with Crippen molar-refractivity contribution in [3.8, 4) is 0 Å². The fraction of sp³-hybridized carbons (Fsp3) is 0.417. The average Bonchev–Trinajstić information content (AvgIpc) is 2.41. The number of nitrogens with one attached hydrogen (secondary N) is 2. The quantitative estimate of drug-likeness (QED) is 0.568. The smallest absolute Gasteiger partial charge is 0.286 e. The molecule has 9 nitrogen and oxygen atoms in total. The molecule has 2 N–H and O–H groups in total. The number of piperazine rings is 1. The third-order valence-corrected chi connectivity index (χ3v) is 3.43. The van der Waals surface area contributed by atoms with Crippen molar-refractivity contribution in [1.82, 2.24) is 15.2 Å². The SMILES string of the molecule is CC1(C)C(=O)NCCN1C(=O)c1cc([N+](=O)[O-])c[nH]c1=O. The molecule has 2 rings (SSSR count). The molecule has 0 atom stereocenters. The topological polar surface area (TPSA) is 125 Å². The number of pyridine rings is 1. The van der Waals surface area contributed by atoms with Crippen molar-refractivity contribution in [1.29, 1.82) is 0 Å². The first-order chi connectivity index (χ1) is 9.75. The van der Waals surface area contributed by atoms with E-state index in [-0.39, 0.29) is 24.6 Å². The molecule has 1 aromatic rings. The molecule has 0 bridgehead atoms. The number of nitrogens with zero attached hydrogens (tertiary/aromatic N) is 2. The Morgan fingerprint density at radius 1 is 1.43 bits per heavy atom. The van der Waals surface area contributed by atoms with E-state index in [9.17, 15) is 24.5 Å². The highest BCUT2D eigenvalue weighted by molar-refractivity contribution is 5.99.